The fourth-order valence-corrected chi connectivity index (χ4v) is 2.58. The van der Waals surface area contributed by atoms with Crippen molar-refractivity contribution in [2.45, 2.75) is 44.6 Å². The Morgan fingerprint density at radius 1 is 1.26 bits per heavy atom. The van der Waals surface area contributed by atoms with Crippen molar-refractivity contribution < 1.29 is 13.5 Å². The molecule has 0 heterocycles. The molecule has 19 heavy (non-hydrogen) atoms. The fraction of sp³-hybridized carbons (Fsp3) is 0.571. The summed E-state index contributed by atoms with van der Waals surface area (Å²) < 4.78 is 26.6. The zero-order valence-corrected chi connectivity index (χ0v) is 12.8. The van der Waals surface area contributed by atoms with Crippen molar-refractivity contribution in [1.82, 2.24) is 4.72 Å². The van der Waals surface area contributed by atoms with Gasteiger partial charge in [0.1, 0.15) is 0 Å². The summed E-state index contributed by atoms with van der Waals surface area (Å²) in [5.41, 5.74) is 0.0318. The quantitative estimate of drug-likeness (QED) is 0.839. The average molecular weight is 285 g/mol. The molecular weight excluding hydrogens is 262 g/mol. The standard InChI is InChI=1S/C14H23NO3S/c1-5-12-6-8-13(9-7-12)19(17,18)15-10-14(4,16)11(2)3/h6-9,11,15-16H,5,10H2,1-4H3. The maximum Gasteiger partial charge on any atom is 0.240 e. The first kappa shape index (κ1) is 16.1. The predicted octanol–water partition coefficient (Wildman–Crippen LogP) is 1.93. The zero-order valence-electron chi connectivity index (χ0n) is 12.0. The van der Waals surface area contributed by atoms with Crippen LogP contribution in [-0.4, -0.2) is 25.7 Å². The molecule has 0 aliphatic heterocycles. The van der Waals surface area contributed by atoms with Gasteiger partial charge in [0.15, 0.2) is 0 Å². The van der Waals surface area contributed by atoms with Crippen LogP contribution in [-0.2, 0) is 16.4 Å². The van der Waals surface area contributed by atoms with E-state index in [4.69, 9.17) is 0 Å². The third-order valence-electron chi connectivity index (χ3n) is 3.51. The molecule has 2 N–H and O–H groups in total. The van der Waals surface area contributed by atoms with Crippen LogP contribution in [0.25, 0.3) is 0 Å². The SMILES string of the molecule is CCc1ccc(S(=O)(=O)NCC(C)(O)C(C)C)cc1. The van der Waals surface area contributed by atoms with Gasteiger partial charge in [-0.15, -0.1) is 0 Å². The van der Waals surface area contributed by atoms with Gasteiger partial charge >= 0.3 is 0 Å². The molecule has 0 aliphatic rings. The van der Waals surface area contributed by atoms with Gasteiger partial charge in [-0.05, 0) is 37.0 Å². The Labute approximate surface area is 115 Å². The van der Waals surface area contributed by atoms with Crippen molar-refractivity contribution in [1.29, 1.82) is 0 Å². The summed E-state index contributed by atoms with van der Waals surface area (Å²) >= 11 is 0. The van der Waals surface area contributed by atoms with E-state index in [0.29, 0.717) is 0 Å². The van der Waals surface area contributed by atoms with Crippen LogP contribution in [0.15, 0.2) is 29.2 Å². The first-order chi connectivity index (χ1) is 8.69. The van der Waals surface area contributed by atoms with E-state index >= 15 is 0 Å². The average Bonchev–Trinajstić information content (AvgIpc) is 2.36. The van der Waals surface area contributed by atoms with E-state index in [1.54, 1.807) is 31.2 Å². The molecule has 1 unspecified atom stereocenters. The third-order valence-corrected chi connectivity index (χ3v) is 4.92. The molecule has 5 heteroatoms. The van der Waals surface area contributed by atoms with Crippen LogP contribution in [0.4, 0.5) is 0 Å². The lowest BCUT2D eigenvalue weighted by molar-refractivity contribution is 0.0190. The van der Waals surface area contributed by atoms with Gasteiger partial charge < -0.3 is 5.11 Å². The molecular formula is C14H23NO3S. The van der Waals surface area contributed by atoms with Crippen LogP contribution >= 0.6 is 0 Å². The van der Waals surface area contributed by atoms with Crippen molar-refractivity contribution in [3.63, 3.8) is 0 Å². The summed E-state index contributed by atoms with van der Waals surface area (Å²) in [7, 11) is -3.56. The molecule has 0 amide bonds. The molecule has 1 atom stereocenters. The molecule has 0 saturated heterocycles. The van der Waals surface area contributed by atoms with E-state index < -0.39 is 15.6 Å². The molecule has 1 aromatic rings. The number of nitrogens with one attached hydrogen (secondary N) is 1. The number of aliphatic hydroxyl groups is 1. The Hall–Kier alpha value is -0.910. The van der Waals surface area contributed by atoms with Crippen LogP contribution in [0.2, 0.25) is 0 Å². The molecule has 0 aromatic heterocycles. The van der Waals surface area contributed by atoms with Gasteiger partial charge in [-0.1, -0.05) is 32.9 Å². The number of hydrogen-bond acceptors (Lipinski definition) is 3. The molecule has 1 aromatic carbocycles. The lowest BCUT2D eigenvalue weighted by Gasteiger charge is -2.27. The van der Waals surface area contributed by atoms with E-state index in [0.717, 1.165) is 12.0 Å². The zero-order chi connectivity index (χ0) is 14.7. The lowest BCUT2D eigenvalue weighted by atomic mass is 9.93. The van der Waals surface area contributed by atoms with Gasteiger partial charge in [0.05, 0.1) is 10.5 Å². The molecule has 1 rings (SSSR count). The van der Waals surface area contributed by atoms with E-state index in [-0.39, 0.29) is 17.4 Å². The van der Waals surface area contributed by atoms with E-state index in [2.05, 4.69) is 4.72 Å². The van der Waals surface area contributed by atoms with Gasteiger partial charge in [0.2, 0.25) is 10.0 Å². The molecule has 0 radical (unpaired) electrons. The fourth-order valence-electron chi connectivity index (χ4n) is 1.43. The first-order valence-corrected chi connectivity index (χ1v) is 7.98. The highest BCUT2D eigenvalue weighted by Crippen LogP contribution is 2.16. The summed E-state index contributed by atoms with van der Waals surface area (Å²) in [4.78, 5) is 0.226. The Morgan fingerprint density at radius 3 is 2.21 bits per heavy atom. The monoisotopic (exact) mass is 285 g/mol. The summed E-state index contributed by atoms with van der Waals surface area (Å²) in [6, 6.07) is 6.78. The number of hydrogen-bond donors (Lipinski definition) is 2. The van der Waals surface area contributed by atoms with Gasteiger partial charge in [0, 0.05) is 6.54 Å². The predicted molar refractivity (Wildman–Crippen MR) is 76.5 cm³/mol. The summed E-state index contributed by atoms with van der Waals surface area (Å²) in [5.74, 6) is -0.0299. The topological polar surface area (TPSA) is 66.4 Å². The van der Waals surface area contributed by atoms with Crippen molar-refractivity contribution in [2.75, 3.05) is 6.54 Å². The number of rotatable bonds is 6. The highest BCUT2D eigenvalue weighted by atomic mass is 32.2. The second-order valence-corrected chi connectivity index (χ2v) is 7.10. The second kappa shape index (κ2) is 6.03. The van der Waals surface area contributed by atoms with Crippen molar-refractivity contribution >= 4 is 10.0 Å². The molecule has 0 saturated carbocycles. The smallest absolute Gasteiger partial charge is 0.240 e. The van der Waals surface area contributed by atoms with Crippen LogP contribution in [0.5, 0.6) is 0 Å². The van der Waals surface area contributed by atoms with E-state index in [1.807, 2.05) is 20.8 Å². The third kappa shape index (κ3) is 4.30. The Balaban J connectivity index is 2.81. The Bertz CT molecular complexity index is 504. The van der Waals surface area contributed by atoms with Gasteiger partial charge in [-0.25, -0.2) is 13.1 Å². The maximum absolute atomic E-state index is 12.1. The van der Waals surface area contributed by atoms with Gasteiger partial charge in [0.25, 0.3) is 0 Å². The minimum Gasteiger partial charge on any atom is -0.389 e. The normalized spacial score (nSPS) is 15.5. The molecule has 4 nitrogen and oxygen atoms in total. The van der Waals surface area contributed by atoms with Crippen LogP contribution in [0.3, 0.4) is 0 Å². The highest BCUT2D eigenvalue weighted by Gasteiger charge is 2.27. The minimum atomic E-state index is -3.56. The molecule has 0 aliphatic carbocycles. The van der Waals surface area contributed by atoms with Crippen LogP contribution in [0.1, 0.15) is 33.3 Å². The summed E-state index contributed by atoms with van der Waals surface area (Å²) in [6.45, 7) is 7.35. The van der Waals surface area contributed by atoms with Gasteiger partial charge in [-0.2, -0.15) is 0 Å². The summed E-state index contributed by atoms with van der Waals surface area (Å²) in [5, 5.41) is 10.1. The Kier molecular flexibility index (Phi) is 5.12. The maximum atomic E-state index is 12.1. The second-order valence-electron chi connectivity index (χ2n) is 5.33. The van der Waals surface area contributed by atoms with E-state index in [1.165, 1.54) is 0 Å². The highest BCUT2D eigenvalue weighted by molar-refractivity contribution is 7.89. The molecule has 0 fully saturated rings. The van der Waals surface area contributed by atoms with Crippen molar-refractivity contribution in [2.24, 2.45) is 5.92 Å². The lowest BCUT2D eigenvalue weighted by Crippen LogP contribution is -2.44. The minimum absolute atomic E-state index is 0.00251. The molecule has 108 valence electrons. The number of benzene rings is 1. The first-order valence-electron chi connectivity index (χ1n) is 6.50. The Morgan fingerprint density at radius 2 is 1.79 bits per heavy atom. The molecule has 0 spiro atoms. The number of sulfonamides is 1. The van der Waals surface area contributed by atoms with Crippen LogP contribution < -0.4 is 4.72 Å². The van der Waals surface area contributed by atoms with Gasteiger partial charge in [-0.3, -0.25) is 0 Å². The van der Waals surface area contributed by atoms with Crippen molar-refractivity contribution in [3.05, 3.63) is 29.8 Å². The van der Waals surface area contributed by atoms with Crippen molar-refractivity contribution in [3.8, 4) is 0 Å². The van der Waals surface area contributed by atoms with Crippen LogP contribution in [0, 0.1) is 5.92 Å². The number of aryl methyl sites for hydroxylation is 1. The van der Waals surface area contributed by atoms with E-state index in [9.17, 15) is 13.5 Å². The molecule has 0 bridgehead atoms. The summed E-state index contributed by atoms with van der Waals surface area (Å²) in [6.07, 6.45) is 0.871. The largest absolute Gasteiger partial charge is 0.389 e.